The van der Waals surface area contributed by atoms with E-state index in [2.05, 4.69) is 35.0 Å². The SMILES string of the molecule is C[Si](C)(C)CCOCn1nc(C(=O)NCc2ccccc2)c2c(N)nccc21. The maximum atomic E-state index is 12.8. The van der Waals surface area contributed by atoms with Crippen molar-refractivity contribution in [1.29, 1.82) is 0 Å². The monoisotopic (exact) mass is 397 g/mol. The molecule has 2 aromatic heterocycles. The van der Waals surface area contributed by atoms with E-state index in [1.54, 1.807) is 16.9 Å². The number of hydrogen-bond acceptors (Lipinski definition) is 5. The lowest BCUT2D eigenvalue weighted by Crippen LogP contribution is -2.24. The second-order valence-corrected chi connectivity index (χ2v) is 13.6. The molecule has 1 aromatic carbocycles. The van der Waals surface area contributed by atoms with Gasteiger partial charge in [0.15, 0.2) is 5.69 Å². The van der Waals surface area contributed by atoms with E-state index in [1.807, 2.05) is 30.3 Å². The number of ether oxygens (including phenoxy) is 1. The Kier molecular flexibility index (Phi) is 6.10. The van der Waals surface area contributed by atoms with E-state index in [4.69, 9.17) is 10.5 Å². The van der Waals surface area contributed by atoms with Gasteiger partial charge in [0.05, 0.1) is 10.9 Å². The number of rotatable bonds is 8. The van der Waals surface area contributed by atoms with Gasteiger partial charge < -0.3 is 15.8 Å². The fourth-order valence-corrected chi connectivity index (χ4v) is 3.55. The van der Waals surface area contributed by atoms with Gasteiger partial charge in [0.25, 0.3) is 5.91 Å². The van der Waals surface area contributed by atoms with Crippen LogP contribution in [0.5, 0.6) is 0 Å². The molecule has 0 aliphatic carbocycles. The van der Waals surface area contributed by atoms with Crippen molar-refractivity contribution < 1.29 is 9.53 Å². The summed E-state index contributed by atoms with van der Waals surface area (Å²) in [6.07, 6.45) is 1.61. The zero-order valence-electron chi connectivity index (χ0n) is 16.6. The van der Waals surface area contributed by atoms with Crippen molar-refractivity contribution in [2.24, 2.45) is 0 Å². The van der Waals surface area contributed by atoms with E-state index >= 15 is 0 Å². The first-order chi connectivity index (χ1) is 13.3. The molecule has 8 heteroatoms. The van der Waals surface area contributed by atoms with Crippen molar-refractivity contribution in [3.8, 4) is 0 Å². The molecule has 28 heavy (non-hydrogen) atoms. The maximum absolute atomic E-state index is 12.8. The highest BCUT2D eigenvalue weighted by Gasteiger charge is 2.20. The van der Waals surface area contributed by atoms with Gasteiger partial charge in [0.2, 0.25) is 0 Å². The zero-order valence-corrected chi connectivity index (χ0v) is 17.6. The first-order valence-electron chi connectivity index (χ1n) is 9.36. The second-order valence-electron chi connectivity index (χ2n) is 7.95. The van der Waals surface area contributed by atoms with Crippen LogP contribution in [0.3, 0.4) is 0 Å². The van der Waals surface area contributed by atoms with Crippen LogP contribution in [0, 0.1) is 0 Å². The minimum Gasteiger partial charge on any atom is -0.383 e. The summed E-state index contributed by atoms with van der Waals surface area (Å²) in [4.78, 5) is 16.9. The Balaban J connectivity index is 1.77. The van der Waals surface area contributed by atoms with Crippen LogP contribution in [0.25, 0.3) is 10.9 Å². The lowest BCUT2D eigenvalue weighted by atomic mass is 10.2. The summed E-state index contributed by atoms with van der Waals surface area (Å²) in [5, 5.41) is 7.93. The van der Waals surface area contributed by atoms with Crippen LogP contribution in [0.1, 0.15) is 16.1 Å². The highest BCUT2D eigenvalue weighted by molar-refractivity contribution is 6.76. The van der Waals surface area contributed by atoms with Gasteiger partial charge in [-0.05, 0) is 17.7 Å². The Hall–Kier alpha value is -2.71. The molecule has 0 unspecified atom stereocenters. The number of fused-ring (bicyclic) bond motifs is 1. The van der Waals surface area contributed by atoms with Crippen LogP contribution in [0.4, 0.5) is 5.82 Å². The molecule has 3 N–H and O–H groups in total. The summed E-state index contributed by atoms with van der Waals surface area (Å²) in [5.41, 5.74) is 8.07. The minimum absolute atomic E-state index is 0.269. The fourth-order valence-electron chi connectivity index (χ4n) is 2.80. The molecule has 0 aliphatic rings. The molecule has 3 aromatic rings. The molecule has 148 valence electrons. The molecule has 0 aliphatic heterocycles. The van der Waals surface area contributed by atoms with E-state index in [1.165, 1.54) is 0 Å². The van der Waals surface area contributed by atoms with Crippen molar-refractivity contribution in [1.82, 2.24) is 20.1 Å². The Labute approximate surface area is 165 Å². The third-order valence-electron chi connectivity index (χ3n) is 4.41. The van der Waals surface area contributed by atoms with E-state index in [0.29, 0.717) is 18.5 Å². The van der Waals surface area contributed by atoms with Crippen molar-refractivity contribution in [3.05, 3.63) is 53.9 Å². The first-order valence-corrected chi connectivity index (χ1v) is 13.1. The number of benzene rings is 1. The smallest absolute Gasteiger partial charge is 0.272 e. The maximum Gasteiger partial charge on any atom is 0.272 e. The third-order valence-corrected chi connectivity index (χ3v) is 6.12. The number of nitrogens with one attached hydrogen (secondary N) is 1. The minimum atomic E-state index is -1.16. The van der Waals surface area contributed by atoms with E-state index < -0.39 is 8.07 Å². The number of amides is 1. The molecule has 0 atom stereocenters. The van der Waals surface area contributed by atoms with Gasteiger partial charge in [-0.2, -0.15) is 5.10 Å². The molecular weight excluding hydrogens is 370 g/mol. The Morgan fingerprint density at radius 1 is 1.21 bits per heavy atom. The Morgan fingerprint density at radius 3 is 2.68 bits per heavy atom. The topological polar surface area (TPSA) is 95.1 Å². The highest BCUT2D eigenvalue weighted by atomic mass is 28.3. The lowest BCUT2D eigenvalue weighted by Gasteiger charge is -2.15. The summed E-state index contributed by atoms with van der Waals surface area (Å²) in [6, 6.07) is 12.6. The van der Waals surface area contributed by atoms with Crippen LogP contribution < -0.4 is 11.1 Å². The normalized spacial score (nSPS) is 11.7. The van der Waals surface area contributed by atoms with Gasteiger partial charge in [-0.1, -0.05) is 50.0 Å². The third kappa shape index (κ3) is 4.96. The number of aromatic nitrogens is 3. The van der Waals surface area contributed by atoms with Gasteiger partial charge in [-0.3, -0.25) is 4.79 Å². The van der Waals surface area contributed by atoms with Crippen LogP contribution in [-0.4, -0.2) is 35.4 Å². The number of nitrogen functional groups attached to an aromatic ring is 1. The molecule has 0 saturated carbocycles. The van der Waals surface area contributed by atoms with E-state index in [0.717, 1.165) is 17.1 Å². The van der Waals surface area contributed by atoms with Crippen molar-refractivity contribution in [3.63, 3.8) is 0 Å². The van der Waals surface area contributed by atoms with Crippen LogP contribution in [-0.2, 0) is 18.0 Å². The predicted molar refractivity (Wildman–Crippen MR) is 114 cm³/mol. The van der Waals surface area contributed by atoms with Crippen molar-refractivity contribution >= 4 is 30.7 Å². The zero-order chi connectivity index (χ0) is 20.1. The molecule has 0 saturated heterocycles. The molecule has 1 amide bonds. The lowest BCUT2D eigenvalue weighted by molar-refractivity contribution is 0.0804. The Morgan fingerprint density at radius 2 is 1.96 bits per heavy atom. The predicted octanol–water partition coefficient (Wildman–Crippen LogP) is 3.26. The molecule has 0 radical (unpaired) electrons. The summed E-state index contributed by atoms with van der Waals surface area (Å²) >= 11 is 0. The van der Waals surface area contributed by atoms with Crippen LogP contribution in [0.2, 0.25) is 25.7 Å². The molecule has 0 spiro atoms. The van der Waals surface area contributed by atoms with Crippen molar-refractivity contribution in [2.75, 3.05) is 12.3 Å². The van der Waals surface area contributed by atoms with E-state index in [-0.39, 0.29) is 24.1 Å². The molecule has 2 heterocycles. The average Bonchev–Trinajstić information content (AvgIpc) is 3.04. The molecular formula is C20H27N5O2Si. The number of anilines is 1. The first kappa shape index (κ1) is 20.0. The summed E-state index contributed by atoms with van der Waals surface area (Å²) in [6.45, 7) is 8.29. The van der Waals surface area contributed by atoms with Crippen molar-refractivity contribution in [2.45, 2.75) is 39.0 Å². The number of carbonyl (C=O) groups is 1. The summed E-state index contributed by atoms with van der Waals surface area (Å²) < 4.78 is 7.48. The number of pyridine rings is 1. The summed E-state index contributed by atoms with van der Waals surface area (Å²) in [7, 11) is -1.16. The van der Waals surface area contributed by atoms with E-state index in [9.17, 15) is 4.79 Å². The van der Waals surface area contributed by atoms with Gasteiger partial charge in [-0.25, -0.2) is 9.67 Å². The summed E-state index contributed by atoms with van der Waals surface area (Å²) in [5.74, 6) is 0.00473. The quantitative estimate of drug-likeness (QED) is 0.449. The Bertz CT molecular complexity index is 950. The molecule has 0 bridgehead atoms. The number of hydrogen-bond donors (Lipinski definition) is 2. The molecule has 3 rings (SSSR count). The van der Waals surface area contributed by atoms with Gasteiger partial charge >= 0.3 is 0 Å². The standard InChI is InChI=1S/C20H27N5O2Si/c1-28(2,3)12-11-27-14-25-16-9-10-22-19(21)17(16)18(24-25)20(26)23-13-15-7-5-4-6-8-15/h4-10H,11-14H2,1-3H3,(H2,21,22)(H,23,26). The highest BCUT2D eigenvalue weighted by Crippen LogP contribution is 2.23. The van der Waals surface area contributed by atoms with Gasteiger partial charge in [0, 0.05) is 27.4 Å². The number of carbonyl (C=O) groups excluding carboxylic acids is 1. The second kappa shape index (κ2) is 8.53. The molecule has 0 fully saturated rings. The number of nitrogens with zero attached hydrogens (tertiary/aromatic N) is 3. The number of nitrogens with two attached hydrogens (primary N) is 1. The molecule has 7 nitrogen and oxygen atoms in total. The largest absolute Gasteiger partial charge is 0.383 e. The van der Waals surface area contributed by atoms with Crippen LogP contribution >= 0.6 is 0 Å². The fraction of sp³-hybridized carbons (Fsp3) is 0.350. The van der Waals surface area contributed by atoms with Crippen LogP contribution in [0.15, 0.2) is 42.6 Å². The average molecular weight is 398 g/mol. The van der Waals surface area contributed by atoms with Gasteiger partial charge in [-0.15, -0.1) is 0 Å². The van der Waals surface area contributed by atoms with Gasteiger partial charge in [0.1, 0.15) is 12.5 Å².